The van der Waals surface area contributed by atoms with E-state index in [1.807, 2.05) is 30.6 Å². The minimum Gasteiger partial charge on any atom is -0.457 e. The van der Waals surface area contributed by atoms with Gasteiger partial charge in [0.2, 0.25) is 0 Å². The summed E-state index contributed by atoms with van der Waals surface area (Å²) in [6, 6.07) is 37.9. The van der Waals surface area contributed by atoms with Crippen LogP contribution in [0.5, 0.6) is 11.5 Å². The lowest BCUT2D eigenvalue weighted by Crippen LogP contribution is -2.12. The first-order valence-corrected chi connectivity index (χ1v) is 16.3. The first-order valence-electron chi connectivity index (χ1n) is 16.3. The van der Waals surface area contributed by atoms with Crippen LogP contribution in [0.4, 0.5) is 0 Å². The molecule has 5 heterocycles. The SMILES string of the molecule is Cc1ccccc1-c1cn2c3ncccc3c3ccc(Oc4cc(-n5c6ccccc6c6cccnc65)cc(C(C)(C)C)c4)cc3c2n1. The van der Waals surface area contributed by atoms with Gasteiger partial charge in [-0.3, -0.25) is 8.97 Å². The molecule has 9 aromatic rings. The van der Waals surface area contributed by atoms with Gasteiger partial charge < -0.3 is 4.74 Å². The lowest BCUT2D eigenvalue weighted by molar-refractivity contribution is 0.479. The number of hydrogen-bond acceptors (Lipinski definition) is 4. The van der Waals surface area contributed by atoms with Crippen LogP contribution >= 0.6 is 0 Å². The molecule has 9 rings (SSSR count). The van der Waals surface area contributed by atoms with Crippen molar-refractivity contribution in [3.63, 3.8) is 0 Å². The number of aryl methyl sites for hydroxylation is 1. The molecule has 4 aromatic carbocycles. The van der Waals surface area contributed by atoms with Crippen molar-refractivity contribution in [3.05, 3.63) is 139 Å². The van der Waals surface area contributed by atoms with Gasteiger partial charge in [-0.1, -0.05) is 63.2 Å². The van der Waals surface area contributed by atoms with E-state index in [-0.39, 0.29) is 5.41 Å². The zero-order valence-corrected chi connectivity index (χ0v) is 27.3. The first kappa shape index (κ1) is 28.2. The molecule has 0 atom stereocenters. The van der Waals surface area contributed by atoms with Crippen molar-refractivity contribution < 1.29 is 4.74 Å². The Morgan fingerprint density at radius 2 is 1.33 bits per heavy atom. The molecule has 0 saturated carbocycles. The second-order valence-electron chi connectivity index (χ2n) is 13.5. The molecular formula is C42H33N5O. The van der Waals surface area contributed by atoms with Crippen molar-refractivity contribution in [1.82, 2.24) is 23.9 Å². The summed E-state index contributed by atoms with van der Waals surface area (Å²) in [5.74, 6) is 1.51. The Balaban J connectivity index is 1.23. The molecule has 0 aliphatic rings. The predicted molar refractivity (Wildman–Crippen MR) is 196 cm³/mol. The van der Waals surface area contributed by atoms with Crippen LogP contribution in [0.15, 0.2) is 128 Å². The number of rotatable bonds is 4. The van der Waals surface area contributed by atoms with Crippen LogP contribution < -0.4 is 4.74 Å². The molecule has 0 saturated heterocycles. The van der Waals surface area contributed by atoms with Crippen molar-refractivity contribution in [2.75, 3.05) is 0 Å². The molecule has 6 nitrogen and oxygen atoms in total. The Bertz CT molecular complexity index is 2660. The smallest absolute Gasteiger partial charge is 0.147 e. The van der Waals surface area contributed by atoms with Crippen molar-refractivity contribution in [1.29, 1.82) is 0 Å². The minimum absolute atomic E-state index is 0.108. The van der Waals surface area contributed by atoms with E-state index in [4.69, 9.17) is 19.7 Å². The summed E-state index contributed by atoms with van der Waals surface area (Å²) in [5.41, 5.74) is 9.05. The largest absolute Gasteiger partial charge is 0.457 e. The van der Waals surface area contributed by atoms with E-state index < -0.39 is 0 Å². The Hall–Kier alpha value is -6.01. The van der Waals surface area contributed by atoms with E-state index in [1.165, 1.54) is 16.5 Å². The number of para-hydroxylation sites is 1. The molecule has 0 bridgehead atoms. The Labute approximate surface area is 277 Å². The highest BCUT2D eigenvalue weighted by atomic mass is 16.5. The molecule has 0 fully saturated rings. The van der Waals surface area contributed by atoms with Crippen molar-refractivity contribution in [2.45, 2.75) is 33.1 Å². The molecule has 5 aromatic heterocycles. The maximum atomic E-state index is 6.77. The van der Waals surface area contributed by atoms with Gasteiger partial charge in [0, 0.05) is 51.8 Å². The summed E-state index contributed by atoms with van der Waals surface area (Å²) in [5, 5.41) is 5.46. The van der Waals surface area contributed by atoms with Gasteiger partial charge in [0.25, 0.3) is 0 Å². The van der Waals surface area contributed by atoms with E-state index in [0.717, 1.165) is 72.4 Å². The highest BCUT2D eigenvalue weighted by Crippen LogP contribution is 2.38. The third-order valence-corrected chi connectivity index (χ3v) is 9.35. The van der Waals surface area contributed by atoms with E-state index in [9.17, 15) is 0 Å². The number of imidazole rings is 1. The molecular weight excluding hydrogens is 590 g/mol. The number of aromatic nitrogens is 5. The second kappa shape index (κ2) is 10.5. The van der Waals surface area contributed by atoms with Crippen LogP contribution in [0.25, 0.3) is 66.3 Å². The number of nitrogens with zero attached hydrogens (tertiary/aromatic N) is 5. The minimum atomic E-state index is -0.108. The van der Waals surface area contributed by atoms with Crippen LogP contribution in [0.2, 0.25) is 0 Å². The highest BCUT2D eigenvalue weighted by Gasteiger charge is 2.20. The van der Waals surface area contributed by atoms with Crippen LogP contribution in [-0.2, 0) is 5.41 Å². The zero-order chi connectivity index (χ0) is 32.6. The van der Waals surface area contributed by atoms with Crippen LogP contribution in [0.1, 0.15) is 31.9 Å². The Kier molecular flexibility index (Phi) is 6.18. The molecule has 0 amide bonds. The number of ether oxygens (including phenoxy) is 1. The highest BCUT2D eigenvalue weighted by molar-refractivity contribution is 6.11. The van der Waals surface area contributed by atoms with Gasteiger partial charge in [0.05, 0.1) is 16.9 Å². The molecule has 0 N–H and O–H groups in total. The van der Waals surface area contributed by atoms with Crippen molar-refractivity contribution >= 4 is 49.4 Å². The van der Waals surface area contributed by atoms with Gasteiger partial charge in [0.1, 0.15) is 28.4 Å². The molecule has 48 heavy (non-hydrogen) atoms. The predicted octanol–water partition coefficient (Wildman–Crippen LogP) is 10.6. The van der Waals surface area contributed by atoms with E-state index >= 15 is 0 Å². The van der Waals surface area contributed by atoms with Crippen LogP contribution in [0.3, 0.4) is 0 Å². The molecule has 0 radical (unpaired) electrons. The topological polar surface area (TPSA) is 57.2 Å². The summed E-state index contributed by atoms with van der Waals surface area (Å²) in [6.45, 7) is 8.82. The lowest BCUT2D eigenvalue weighted by atomic mass is 9.86. The van der Waals surface area contributed by atoms with E-state index in [1.54, 1.807) is 0 Å². The molecule has 0 spiro atoms. The number of hydrogen-bond donors (Lipinski definition) is 0. The molecule has 6 heteroatoms. The van der Waals surface area contributed by atoms with E-state index in [0.29, 0.717) is 0 Å². The standard InChI is InChI=1S/C42H33N5O/c1-26-11-5-6-12-31(26)37-25-46-39-34(14-9-19-43-39)32-18-17-29(24-36(32)41(46)45-37)48-30-22-27(42(2,3)4)21-28(23-30)47-38-16-8-7-13-33(38)35-15-10-20-44-40(35)47/h5-25H,1-4H3. The third kappa shape index (κ3) is 4.44. The summed E-state index contributed by atoms with van der Waals surface area (Å²) in [6.07, 6.45) is 5.79. The fourth-order valence-electron chi connectivity index (χ4n) is 6.93. The molecule has 0 aliphatic heterocycles. The number of pyridine rings is 3. The molecule has 0 aliphatic carbocycles. The summed E-state index contributed by atoms with van der Waals surface area (Å²) >= 11 is 0. The van der Waals surface area contributed by atoms with Gasteiger partial charge in [-0.25, -0.2) is 15.0 Å². The second-order valence-corrected chi connectivity index (χ2v) is 13.5. The first-order chi connectivity index (χ1) is 23.3. The quantitative estimate of drug-likeness (QED) is 0.183. The normalized spacial score (nSPS) is 12.2. The van der Waals surface area contributed by atoms with Crippen molar-refractivity contribution in [3.8, 4) is 28.4 Å². The molecule has 0 unspecified atom stereocenters. The fraction of sp³-hybridized carbons (Fsp3) is 0.119. The van der Waals surface area contributed by atoms with Gasteiger partial charge in [0.15, 0.2) is 0 Å². The number of benzene rings is 4. The molecule has 232 valence electrons. The maximum Gasteiger partial charge on any atom is 0.147 e. The fourth-order valence-corrected chi connectivity index (χ4v) is 6.93. The van der Waals surface area contributed by atoms with Crippen molar-refractivity contribution in [2.24, 2.45) is 0 Å². The van der Waals surface area contributed by atoms with Gasteiger partial charge in [-0.2, -0.15) is 0 Å². The van der Waals surface area contributed by atoms with Gasteiger partial charge >= 0.3 is 0 Å². The monoisotopic (exact) mass is 623 g/mol. The van der Waals surface area contributed by atoms with Gasteiger partial charge in [-0.15, -0.1) is 0 Å². The average molecular weight is 624 g/mol. The van der Waals surface area contributed by atoms with Crippen LogP contribution in [0, 0.1) is 6.92 Å². The Morgan fingerprint density at radius 3 is 2.15 bits per heavy atom. The average Bonchev–Trinajstić information content (AvgIpc) is 3.69. The maximum absolute atomic E-state index is 6.77. The summed E-state index contributed by atoms with van der Waals surface area (Å²) < 4.78 is 11.1. The lowest BCUT2D eigenvalue weighted by Gasteiger charge is -2.22. The van der Waals surface area contributed by atoms with Gasteiger partial charge in [-0.05, 0) is 89.5 Å². The number of fused-ring (bicyclic) bond motifs is 9. The third-order valence-electron chi connectivity index (χ3n) is 9.35. The van der Waals surface area contributed by atoms with E-state index in [2.05, 4.69) is 134 Å². The summed E-state index contributed by atoms with van der Waals surface area (Å²) in [4.78, 5) is 14.8. The summed E-state index contributed by atoms with van der Waals surface area (Å²) in [7, 11) is 0. The Morgan fingerprint density at radius 1 is 0.604 bits per heavy atom. The van der Waals surface area contributed by atoms with Crippen LogP contribution in [-0.4, -0.2) is 23.9 Å². The zero-order valence-electron chi connectivity index (χ0n) is 27.3.